The lowest BCUT2D eigenvalue weighted by atomic mass is 10.1. The predicted molar refractivity (Wildman–Crippen MR) is 73.7 cm³/mol. The summed E-state index contributed by atoms with van der Waals surface area (Å²) in [6.45, 7) is 1.75. The summed E-state index contributed by atoms with van der Waals surface area (Å²) < 4.78 is 28.6. The molecule has 0 aliphatic rings. The molecule has 0 unspecified atom stereocenters. The largest absolute Gasteiger partial charge is 0.396 e. The number of nitrogen functional groups attached to an aromatic ring is 1. The molecule has 0 saturated carbocycles. The van der Waals surface area contributed by atoms with Crippen molar-refractivity contribution in [1.82, 2.24) is 20.2 Å². The lowest BCUT2D eigenvalue weighted by Gasteiger charge is -2.09. The molecule has 0 atom stereocenters. The van der Waals surface area contributed by atoms with E-state index in [0.717, 1.165) is 0 Å². The van der Waals surface area contributed by atoms with Gasteiger partial charge in [-0.2, -0.15) is 4.68 Å². The number of aryl methyl sites for hydroxylation is 1. The minimum atomic E-state index is -0.528. The van der Waals surface area contributed by atoms with Crippen molar-refractivity contribution in [2.45, 2.75) is 6.92 Å². The normalized spacial score (nSPS) is 10.8. The van der Waals surface area contributed by atoms with Crippen molar-refractivity contribution in [1.29, 1.82) is 0 Å². The molecule has 1 heterocycles. The molecule has 1 aromatic heterocycles. The predicted octanol–water partition coefficient (Wildman–Crippen LogP) is 2.50. The molecule has 0 spiro atoms. The Kier molecular flexibility index (Phi) is 3.09. The first-order valence-electron chi connectivity index (χ1n) is 6.17. The van der Waals surface area contributed by atoms with Gasteiger partial charge in [0.05, 0.1) is 5.69 Å². The number of benzene rings is 2. The highest BCUT2D eigenvalue weighted by Crippen LogP contribution is 2.25. The molecule has 0 saturated heterocycles. The first-order valence-corrected chi connectivity index (χ1v) is 6.17. The fourth-order valence-corrected chi connectivity index (χ4v) is 2.09. The van der Waals surface area contributed by atoms with Crippen LogP contribution in [-0.2, 0) is 0 Å². The summed E-state index contributed by atoms with van der Waals surface area (Å²) in [6.07, 6.45) is 0. The maximum Gasteiger partial charge on any atom is 0.187 e. The molecule has 0 aliphatic carbocycles. The van der Waals surface area contributed by atoms with Gasteiger partial charge in [0, 0.05) is 5.56 Å². The molecular formula is C14H11F2N5. The molecule has 0 amide bonds. The van der Waals surface area contributed by atoms with E-state index in [-0.39, 0.29) is 17.2 Å². The lowest BCUT2D eigenvalue weighted by Crippen LogP contribution is -2.05. The molecular weight excluding hydrogens is 276 g/mol. The zero-order chi connectivity index (χ0) is 15.0. The van der Waals surface area contributed by atoms with Crippen molar-refractivity contribution in [2.24, 2.45) is 0 Å². The van der Waals surface area contributed by atoms with Gasteiger partial charge < -0.3 is 5.73 Å². The number of rotatable bonds is 2. The highest BCUT2D eigenvalue weighted by Gasteiger charge is 2.16. The molecule has 2 N–H and O–H groups in total. The number of nitrogens with two attached hydrogens (primary N) is 1. The average molecular weight is 287 g/mol. The number of para-hydroxylation sites is 1. The van der Waals surface area contributed by atoms with Gasteiger partial charge in [-0.1, -0.05) is 12.1 Å². The van der Waals surface area contributed by atoms with Crippen LogP contribution in [0.5, 0.6) is 0 Å². The first-order chi connectivity index (χ1) is 10.1. The molecule has 0 aliphatic heterocycles. The molecule has 3 rings (SSSR count). The summed E-state index contributed by atoms with van der Waals surface area (Å²) in [6, 6.07) is 8.81. The van der Waals surface area contributed by atoms with Crippen molar-refractivity contribution in [3.63, 3.8) is 0 Å². The average Bonchev–Trinajstić information content (AvgIpc) is 2.91. The smallest absolute Gasteiger partial charge is 0.187 e. The van der Waals surface area contributed by atoms with Crippen molar-refractivity contribution < 1.29 is 8.78 Å². The van der Waals surface area contributed by atoms with Gasteiger partial charge in [0.25, 0.3) is 0 Å². The summed E-state index contributed by atoms with van der Waals surface area (Å²) in [5.74, 6) is -0.687. The van der Waals surface area contributed by atoms with Crippen LogP contribution in [0.4, 0.5) is 14.5 Å². The standard InChI is InChI=1S/C14H11F2N5/c1-8-3-2-4-11(16)13(8)21-14(18-19-20-21)9-5-6-10(15)12(17)7-9/h2-7H,17H2,1H3. The Hall–Kier alpha value is -2.83. The van der Waals surface area contributed by atoms with Crippen LogP contribution in [0.3, 0.4) is 0 Å². The van der Waals surface area contributed by atoms with E-state index in [1.165, 1.54) is 28.9 Å². The second-order valence-electron chi connectivity index (χ2n) is 4.56. The van der Waals surface area contributed by atoms with Crippen LogP contribution >= 0.6 is 0 Å². The number of anilines is 1. The summed E-state index contributed by atoms with van der Waals surface area (Å²) in [5, 5.41) is 11.3. The quantitative estimate of drug-likeness (QED) is 0.735. The Bertz CT molecular complexity index is 793. The number of halogens is 2. The monoisotopic (exact) mass is 287 g/mol. The summed E-state index contributed by atoms with van der Waals surface area (Å²) in [5.41, 5.74) is 6.96. The fourth-order valence-electron chi connectivity index (χ4n) is 2.09. The van der Waals surface area contributed by atoms with Crippen molar-refractivity contribution in [3.8, 4) is 17.1 Å². The first kappa shape index (κ1) is 13.2. The Balaban J connectivity index is 2.20. The number of nitrogens with zero attached hydrogens (tertiary/aromatic N) is 4. The van der Waals surface area contributed by atoms with Crippen LogP contribution < -0.4 is 5.73 Å². The van der Waals surface area contributed by atoms with E-state index < -0.39 is 11.6 Å². The Labute approximate surface area is 119 Å². The van der Waals surface area contributed by atoms with Gasteiger partial charge in [-0.05, 0) is 47.2 Å². The van der Waals surface area contributed by atoms with Gasteiger partial charge in [0.2, 0.25) is 0 Å². The number of tetrazole rings is 1. The van der Waals surface area contributed by atoms with Gasteiger partial charge in [0.1, 0.15) is 17.3 Å². The number of hydrogen-bond donors (Lipinski definition) is 1. The third-order valence-corrected chi connectivity index (χ3v) is 3.12. The van der Waals surface area contributed by atoms with Gasteiger partial charge in [-0.25, -0.2) is 8.78 Å². The van der Waals surface area contributed by atoms with Crippen LogP contribution in [0.15, 0.2) is 36.4 Å². The van der Waals surface area contributed by atoms with E-state index in [4.69, 9.17) is 5.73 Å². The molecule has 5 nitrogen and oxygen atoms in total. The lowest BCUT2D eigenvalue weighted by molar-refractivity contribution is 0.605. The number of aromatic nitrogens is 4. The van der Waals surface area contributed by atoms with Crippen LogP contribution in [0, 0.1) is 18.6 Å². The highest BCUT2D eigenvalue weighted by atomic mass is 19.1. The van der Waals surface area contributed by atoms with Gasteiger partial charge in [-0.15, -0.1) is 5.10 Å². The minimum absolute atomic E-state index is 0.0210. The molecule has 0 fully saturated rings. The third-order valence-electron chi connectivity index (χ3n) is 3.12. The topological polar surface area (TPSA) is 69.6 Å². The molecule has 7 heteroatoms. The van der Waals surface area contributed by atoms with Crippen LogP contribution in [-0.4, -0.2) is 20.2 Å². The third kappa shape index (κ3) is 2.22. The van der Waals surface area contributed by atoms with Gasteiger partial charge >= 0.3 is 0 Å². The van der Waals surface area contributed by atoms with Crippen molar-refractivity contribution >= 4 is 5.69 Å². The number of hydrogen-bond acceptors (Lipinski definition) is 4. The summed E-state index contributed by atoms with van der Waals surface area (Å²) in [7, 11) is 0. The van der Waals surface area contributed by atoms with E-state index in [1.54, 1.807) is 19.1 Å². The fraction of sp³-hybridized carbons (Fsp3) is 0.0714. The second-order valence-corrected chi connectivity index (χ2v) is 4.56. The van der Waals surface area contributed by atoms with Crippen LogP contribution in [0.25, 0.3) is 17.1 Å². The maximum absolute atomic E-state index is 14.1. The van der Waals surface area contributed by atoms with E-state index in [9.17, 15) is 8.78 Å². The van der Waals surface area contributed by atoms with E-state index in [2.05, 4.69) is 15.5 Å². The molecule has 0 radical (unpaired) electrons. The highest BCUT2D eigenvalue weighted by molar-refractivity contribution is 5.63. The SMILES string of the molecule is Cc1cccc(F)c1-n1nnnc1-c1ccc(F)c(N)c1. The molecule has 0 bridgehead atoms. The maximum atomic E-state index is 14.1. The zero-order valence-corrected chi connectivity index (χ0v) is 11.1. The van der Waals surface area contributed by atoms with E-state index in [0.29, 0.717) is 11.1 Å². The molecule has 21 heavy (non-hydrogen) atoms. The summed E-state index contributed by atoms with van der Waals surface area (Å²) >= 11 is 0. The molecule has 2 aromatic carbocycles. The Morgan fingerprint density at radius 1 is 1.10 bits per heavy atom. The molecule has 3 aromatic rings. The van der Waals surface area contributed by atoms with Gasteiger partial charge in [0.15, 0.2) is 5.82 Å². The second kappa shape index (κ2) is 4.93. The van der Waals surface area contributed by atoms with Crippen LogP contribution in [0.1, 0.15) is 5.56 Å². The Morgan fingerprint density at radius 2 is 1.90 bits per heavy atom. The van der Waals surface area contributed by atoms with Gasteiger partial charge in [-0.3, -0.25) is 0 Å². The molecule has 106 valence electrons. The van der Waals surface area contributed by atoms with E-state index >= 15 is 0 Å². The Morgan fingerprint density at radius 3 is 2.62 bits per heavy atom. The minimum Gasteiger partial charge on any atom is -0.396 e. The van der Waals surface area contributed by atoms with Crippen molar-refractivity contribution in [3.05, 3.63) is 53.6 Å². The zero-order valence-electron chi connectivity index (χ0n) is 11.1. The van der Waals surface area contributed by atoms with E-state index in [1.807, 2.05) is 0 Å². The summed E-state index contributed by atoms with van der Waals surface area (Å²) in [4.78, 5) is 0. The van der Waals surface area contributed by atoms with Crippen molar-refractivity contribution in [2.75, 3.05) is 5.73 Å². The van der Waals surface area contributed by atoms with Crippen LogP contribution in [0.2, 0.25) is 0 Å².